The van der Waals surface area contributed by atoms with Gasteiger partial charge in [0.25, 0.3) is 0 Å². The van der Waals surface area contributed by atoms with Crippen LogP contribution in [0.1, 0.15) is 32.8 Å². The van der Waals surface area contributed by atoms with Crippen molar-refractivity contribution in [2.24, 2.45) is 5.92 Å². The maximum atomic E-state index is 11.8. The van der Waals surface area contributed by atoms with Crippen LogP contribution in [0.2, 0.25) is 0 Å². The molecule has 1 rings (SSSR count). The maximum absolute atomic E-state index is 11.8. The summed E-state index contributed by atoms with van der Waals surface area (Å²) >= 11 is 0. The molecule has 2 N–H and O–H groups in total. The predicted octanol–water partition coefficient (Wildman–Crippen LogP) is 2.58. The Hall–Kier alpha value is -1.07. The molecule has 0 fully saturated rings. The van der Waals surface area contributed by atoms with Gasteiger partial charge < -0.3 is 5.32 Å². The quantitative estimate of drug-likeness (QED) is 0.721. The summed E-state index contributed by atoms with van der Waals surface area (Å²) < 4.78 is 26.2. The van der Waals surface area contributed by atoms with Gasteiger partial charge in [0.05, 0.1) is 5.75 Å². The van der Waals surface area contributed by atoms with Crippen molar-refractivity contribution in [3.05, 3.63) is 29.8 Å². The number of rotatable bonds is 8. The minimum Gasteiger partial charge on any atom is -0.313 e. The van der Waals surface area contributed by atoms with Crippen LogP contribution in [-0.2, 0) is 16.6 Å². The van der Waals surface area contributed by atoms with Crippen LogP contribution in [0.5, 0.6) is 0 Å². The molecule has 0 aliphatic heterocycles. The zero-order valence-corrected chi connectivity index (χ0v) is 12.8. The van der Waals surface area contributed by atoms with Gasteiger partial charge in [-0.1, -0.05) is 32.9 Å². The third kappa shape index (κ3) is 6.59. The molecule has 1 aromatic rings. The molecule has 1 aromatic carbocycles. The van der Waals surface area contributed by atoms with E-state index in [1.807, 2.05) is 26.0 Å². The summed E-state index contributed by atoms with van der Waals surface area (Å²) in [6.45, 7) is 7.71. The standard InChI is InChI=1S/C14H24N2O2S/c1-4-9-15-10-13-5-7-14(8-6-13)16-19(17,18)11-12(2)3/h5-8,12,15-16H,4,9-11H2,1-3H3. The second kappa shape index (κ2) is 7.50. The summed E-state index contributed by atoms with van der Waals surface area (Å²) in [6, 6.07) is 7.49. The molecule has 0 aromatic heterocycles. The first-order valence-corrected chi connectivity index (χ1v) is 8.38. The number of hydrogen-bond donors (Lipinski definition) is 2. The summed E-state index contributed by atoms with van der Waals surface area (Å²) in [5.74, 6) is 0.266. The van der Waals surface area contributed by atoms with E-state index in [1.54, 1.807) is 12.1 Å². The Morgan fingerprint density at radius 3 is 2.32 bits per heavy atom. The van der Waals surface area contributed by atoms with Crippen LogP contribution in [0.25, 0.3) is 0 Å². The highest BCUT2D eigenvalue weighted by atomic mass is 32.2. The van der Waals surface area contributed by atoms with Crippen molar-refractivity contribution in [1.29, 1.82) is 0 Å². The Morgan fingerprint density at radius 1 is 1.16 bits per heavy atom. The smallest absolute Gasteiger partial charge is 0.232 e. The van der Waals surface area contributed by atoms with Crippen LogP contribution in [-0.4, -0.2) is 20.7 Å². The predicted molar refractivity (Wildman–Crippen MR) is 80.7 cm³/mol. The highest BCUT2D eigenvalue weighted by Crippen LogP contribution is 2.12. The van der Waals surface area contributed by atoms with Crippen molar-refractivity contribution < 1.29 is 8.42 Å². The molecule has 0 unspecified atom stereocenters. The molecule has 0 heterocycles. The minimum atomic E-state index is -3.23. The Bertz CT molecular complexity index is 467. The van der Waals surface area contributed by atoms with Crippen LogP contribution >= 0.6 is 0 Å². The Labute approximate surface area is 116 Å². The lowest BCUT2D eigenvalue weighted by Gasteiger charge is -2.10. The van der Waals surface area contributed by atoms with E-state index in [2.05, 4.69) is 17.0 Å². The largest absolute Gasteiger partial charge is 0.313 e. The monoisotopic (exact) mass is 284 g/mol. The first kappa shape index (κ1) is 16.0. The fourth-order valence-electron chi connectivity index (χ4n) is 1.76. The van der Waals surface area contributed by atoms with E-state index >= 15 is 0 Å². The molecular weight excluding hydrogens is 260 g/mol. The van der Waals surface area contributed by atoms with Crippen molar-refractivity contribution >= 4 is 15.7 Å². The molecule has 5 heteroatoms. The fraction of sp³-hybridized carbons (Fsp3) is 0.571. The van der Waals surface area contributed by atoms with Gasteiger partial charge in [0.1, 0.15) is 0 Å². The van der Waals surface area contributed by atoms with Gasteiger partial charge in [-0.25, -0.2) is 8.42 Å². The van der Waals surface area contributed by atoms with Gasteiger partial charge in [-0.3, -0.25) is 4.72 Å². The Morgan fingerprint density at radius 2 is 1.79 bits per heavy atom. The molecule has 0 spiro atoms. The van der Waals surface area contributed by atoms with Crippen molar-refractivity contribution in [3.8, 4) is 0 Å². The number of nitrogens with one attached hydrogen (secondary N) is 2. The van der Waals surface area contributed by atoms with E-state index in [9.17, 15) is 8.42 Å². The number of sulfonamides is 1. The van der Waals surface area contributed by atoms with Gasteiger partial charge >= 0.3 is 0 Å². The van der Waals surface area contributed by atoms with E-state index in [4.69, 9.17) is 0 Å². The normalized spacial score (nSPS) is 11.8. The van der Waals surface area contributed by atoms with Gasteiger partial charge in [0.15, 0.2) is 0 Å². The highest BCUT2D eigenvalue weighted by molar-refractivity contribution is 7.92. The molecule has 4 nitrogen and oxygen atoms in total. The van der Waals surface area contributed by atoms with Gasteiger partial charge in [-0.2, -0.15) is 0 Å². The third-order valence-corrected chi connectivity index (χ3v) is 4.19. The van der Waals surface area contributed by atoms with Crippen molar-refractivity contribution in [3.63, 3.8) is 0 Å². The first-order valence-electron chi connectivity index (χ1n) is 6.73. The van der Waals surface area contributed by atoms with E-state index in [0.717, 1.165) is 25.1 Å². The zero-order chi connectivity index (χ0) is 14.3. The van der Waals surface area contributed by atoms with Gasteiger partial charge in [-0.15, -0.1) is 0 Å². The average Bonchev–Trinajstić information content (AvgIpc) is 2.29. The Balaban J connectivity index is 2.57. The SMILES string of the molecule is CCCNCc1ccc(NS(=O)(=O)CC(C)C)cc1. The lowest BCUT2D eigenvalue weighted by atomic mass is 10.2. The molecule has 19 heavy (non-hydrogen) atoms. The summed E-state index contributed by atoms with van der Waals surface area (Å²) in [7, 11) is -3.23. The van der Waals surface area contributed by atoms with E-state index in [0.29, 0.717) is 5.69 Å². The molecule has 0 saturated carbocycles. The molecule has 0 aliphatic rings. The summed E-state index contributed by atoms with van der Waals surface area (Å²) in [6.07, 6.45) is 1.10. The summed E-state index contributed by atoms with van der Waals surface area (Å²) in [4.78, 5) is 0. The molecule has 0 atom stereocenters. The van der Waals surface area contributed by atoms with Gasteiger partial charge in [0.2, 0.25) is 10.0 Å². The molecular formula is C14H24N2O2S. The van der Waals surface area contributed by atoms with Crippen molar-refractivity contribution in [2.75, 3.05) is 17.0 Å². The lowest BCUT2D eigenvalue weighted by Crippen LogP contribution is -2.20. The molecule has 0 bridgehead atoms. The van der Waals surface area contributed by atoms with Crippen LogP contribution in [0.4, 0.5) is 5.69 Å². The van der Waals surface area contributed by atoms with Gasteiger partial charge in [-0.05, 0) is 36.6 Å². The molecule has 0 saturated heterocycles. The van der Waals surface area contributed by atoms with E-state index < -0.39 is 10.0 Å². The highest BCUT2D eigenvalue weighted by Gasteiger charge is 2.12. The number of benzene rings is 1. The maximum Gasteiger partial charge on any atom is 0.232 e. The third-order valence-electron chi connectivity index (χ3n) is 2.54. The summed E-state index contributed by atoms with van der Waals surface area (Å²) in [5.41, 5.74) is 1.78. The number of anilines is 1. The second-order valence-electron chi connectivity index (χ2n) is 5.15. The molecule has 0 radical (unpaired) electrons. The fourth-order valence-corrected chi connectivity index (χ4v) is 3.22. The Kier molecular flexibility index (Phi) is 6.31. The zero-order valence-electron chi connectivity index (χ0n) is 11.9. The molecule has 0 amide bonds. The summed E-state index contributed by atoms with van der Waals surface area (Å²) in [5, 5.41) is 3.31. The van der Waals surface area contributed by atoms with E-state index in [-0.39, 0.29) is 11.7 Å². The van der Waals surface area contributed by atoms with Crippen molar-refractivity contribution in [2.45, 2.75) is 33.7 Å². The topological polar surface area (TPSA) is 58.2 Å². The minimum absolute atomic E-state index is 0.120. The second-order valence-corrected chi connectivity index (χ2v) is 6.92. The van der Waals surface area contributed by atoms with E-state index in [1.165, 1.54) is 0 Å². The van der Waals surface area contributed by atoms with Crippen molar-refractivity contribution in [1.82, 2.24) is 5.32 Å². The molecule has 108 valence electrons. The number of hydrogen-bond acceptors (Lipinski definition) is 3. The van der Waals surface area contributed by atoms with Crippen LogP contribution in [0, 0.1) is 5.92 Å². The van der Waals surface area contributed by atoms with Crippen LogP contribution < -0.4 is 10.0 Å². The van der Waals surface area contributed by atoms with Crippen LogP contribution in [0.15, 0.2) is 24.3 Å². The lowest BCUT2D eigenvalue weighted by molar-refractivity contribution is 0.587. The first-order chi connectivity index (χ1) is 8.93. The molecule has 0 aliphatic carbocycles. The van der Waals surface area contributed by atoms with Crippen LogP contribution in [0.3, 0.4) is 0 Å². The average molecular weight is 284 g/mol. The van der Waals surface area contributed by atoms with Gasteiger partial charge in [0, 0.05) is 12.2 Å².